The van der Waals surface area contributed by atoms with Crippen molar-refractivity contribution in [2.45, 2.75) is 73.1 Å². The molecule has 1 unspecified atom stereocenters. The lowest BCUT2D eigenvalue weighted by molar-refractivity contribution is -0.137. The number of nitrogens with one attached hydrogen (secondary N) is 2. The zero-order valence-electron chi connectivity index (χ0n) is 25.9. The van der Waals surface area contributed by atoms with Crippen LogP contribution in [0.5, 0.6) is 0 Å². The standard InChI is InChI=1S/C31H32N4O4.C3H6O2/c1-7-18-15(4)22-11-21-14(3)9-25(32-21)20(10-28(36)37)30-29(31(38)39)17(6)24(35-30)13-27-19(8-2)16(5)23(34-27)12-26(18)33-22;1-2-3(4)5/h7,11-14,33-34H,1,8-10H2,2-6H3,(H,36,37)(H,38,39);2H2,1H3,(H,4,5). The zero-order chi connectivity index (χ0) is 32.5. The molecule has 0 amide bonds. The molecule has 3 aromatic heterocycles. The van der Waals surface area contributed by atoms with Gasteiger partial charge in [0.15, 0.2) is 0 Å². The van der Waals surface area contributed by atoms with E-state index in [1.165, 1.54) is 0 Å². The molecule has 5 N–H and O–H groups in total. The summed E-state index contributed by atoms with van der Waals surface area (Å²) in [7, 11) is 0. The van der Waals surface area contributed by atoms with Crippen LogP contribution in [0.1, 0.15) is 90.6 Å². The van der Waals surface area contributed by atoms with Gasteiger partial charge in [-0.15, -0.1) is 0 Å². The van der Waals surface area contributed by atoms with Crippen molar-refractivity contribution in [1.29, 1.82) is 0 Å². The van der Waals surface area contributed by atoms with Crippen LogP contribution in [-0.4, -0.2) is 53.2 Å². The Balaban J connectivity index is 0.000000818. The van der Waals surface area contributed by atoms with Crippen LogP contribution in [0.4, 0.5) is 0 Å². The smallest absolute Gasteiger partial charge is 0.338 e. The highest BCUT2D eigenvalue weighted by Crippen LogP contribution is 2.36. The number of hydrogen-bond acceptors (Lipinski definition) is 5. The molecule has 0 saturated heterocycles. The molecule has 2 aliphatic heterocycles. The highest BCUT2D eigenvalue weighted by atomic mass is 16.4. The summed E-state index contributed by atoms with van der Waals surface area (Å²) in [5.74, 6) is -2.94. The predicted molar refractivity (Wildman–Crippen MR) is 171 cm³/mol. The van der Waals surface area contributed by atoms with Crippen LogP contribution in [0.15, 0.2) is 24.8 Å². The molecule has 44 heavy (non-hydrogen) atoms. The van der Waals surface area contributed by atoms with Crippen LogP contribution < -0.4 is 0 Å². The number of fused-ring (bicyclic) bond motifs is 8. The second-order valence-corrected chi connectivity index (χ2v) is 11.1. The molecule has 0 saturated carbocycles. The van der Waals surface area contributed by atoms with E-state index in [1.54, 1.807) is 13.8 Å². The Kier molecular flexibility index (Phi) is 9.22. The molecule has 3 aromatic rings. The summed E-state index contributed by atoms with van der Waals surface area (Å²) < 4.78 is 0. The van der Waals surface area contributed by atoms with Crippen molar-refractivity contribution in [1.82, 2.24) is 19.9 Å². The molecule has 0 radical (unpaired) electrons. The van der Waals surface area contributed by atoms with Gasteiger partial charge in [0.25, 0.3) is 0 Å². The number of carbonyl (C=O) groups is 3. The Bertz CT molecular complexity index is 1890. The Morgan fingerprint density at radius 3 is 2.11 bits per heavy atom. The summed E-state index contributed by atoms with van der Waals surface area (Å²) in [6, 6.07) is 5.94. The first-order chi connectivity index (χ1) is 20.8. The van der Waals surface area contributed by atoms with Gasteiger partial charge in [-0.25, -0.2) is 9.78 Å². The van der Waals surface area contributed by atoms with E-state index >= 15 is 0 Å². The average Bonchev–Trinajstić information content (AvgIpc) is 3.66. The molecule has 0 spiro atoms. The Hall–Kier alpha value is -4.99. The van der Waals surface area contributed by atoms with Crippen LogP contribution in [0, 0.1) is 13.8 Å². The lowest BCUT2D eigenvalue weighted by Crippen LogP contribution is -2.09. The van der Waals surface area contributed by atoms with E-state index in [1.807, 2.05) is 32.1 Å². The second kappa shape index (κ2) is 12.7. The Morgan fingerprint density at radius 2 is 1.55 bits per heavy atom. The van der Waals surface area contributed by atoms with Gasteiger partial charge in [0.2, 0.25) is 0 Å². The highest BCUT2D eigenvalue weighted by molar-refractivity contribution is 6.24. The van der Waals surface area contributed by atoms with Gasteiger partial charge in [-0.1, -0.05) is 33.4 Å². The SMILES string of the molecule is C=Cc1c(C)c2cc3nc(c(CC(=O)O)c4nc(cc5[nH]c(cc1[nH]2)c(C)c5CC)C(C)=C4C(=O)O)CC3C.CCC(=O)O. The van der Waals surface area contributed by atoms with Crippen LogP contribution in [0.25, 0.3) is 39.3 Å². The number of rotatable bonds is 6. The number of nitrogens with zero attached hydrogens (tertiary/aromatic N) is 2. The second-order valence-electron chi connectivity index (χ2n) is 11.1. The van der Waals surface area contributed by atoms with Crippen LogP contribution in [0.2, 0.25) is 0 Å². The minimum atomic E-state index is -1.14. The molecule has 0 aromatic carbocycles. The van der Waals surface area contributed by atoms with Gasteiger partial charge < -0.3 is 25.3 Å². The quantitative estimate of drug-likeness (QED) is 0.211. The van der Waals surface area contributed by atoms with E-state index in [0.29, 0.717) is 28.9 Å². The zero-order valence-corrected chi connectivity index (χ0v) is 25.9. The molecule has 5 rings (SSSR count). The highest BCUT2D eigenvalue weighted by Gasteiger charge is 2.30. The normalized spacial score (nSPS) is 14.2. The first-order valence-corrected chi connectivity index (χ1v) is 14.6. The fourth-order valence-electron chi connectivity index (χ4n) is 5.74. The summed E-state index contributed by atoms with van der Waals surface area (Å²) >= 11 is 0. The number of carboxylic acid groups (broad SMARTS) is 3. The number of aromatic nitrogens is 4. The maximum Gasteiger partial charge on any atom is 0.338 e. The van der Waals surface area contributed by atoms with Crippen molar-refractivity contribution in [3.05, 3.63) is 75.4 Å². The fraction of sp³-hybridized carbons (Fsp3) is 0.324. The van der Waals surface area contributed by atoms with Gasteiger partial charge in [0.1, 0.15) is 0 Å². The lowest BCUT2D eigenvalue weighted by Gasteiger charge is -2.06. The van der Waals surface area contributed by atoms with Crippen molar-refractivity contribution in [2.24, 2.45) is 0 Å². The molecular weight excluding hydrogens is 560 g/mol. The van der Waals surface area contributed by atoms with Crippen LogP contribution >= 0.6 is 0 Å². The largest absolute Gasteiger partial charge is 0.481 e. The summed E-state index contributed by atoms with van der Waals surface area (Å²) in [5.41, 5.74) is 10.7. The third-order valence-electron chi connectivity index (χ3n) is 8.21. The summed E-state index contributed by atoms with van der Waals surface area (Å²) in [6.07, 6.45) is 2.95. The molecule has 10 nitrogen and oxygen atoms in total. The molecule has 230 valence electrons. The molecule has 0 fully saturated rings. The first kappa shape index (κ1) is 31.9. The number of H-pyrrole nitrogens is 2. The number of allylic oxidation sites excluding steroid dienone is 1. The minimum Gasteiger partial charge on any atom is -0.481 e. The van der Waals surface area contributed by atoms with Crippen molar-refractivity contribution < 1.29 is 29.7 Å². The van der Waals surface area contributed by atoms with Gasteiger partial charge in [-0.05, 0) is 74.1 Å². The van der Waals surface area contributed by atoms with Crippen LogP contribution in [0.3, 0.4) is 0 Å². The number of aryl methyl sites for hydroxylation is 3. The number of aromatic amines is 2. The summed E-state index contributed by atoms with van der Waals surface area (Å²) in [6.45, 7) is 15.6. The van der Waals surface area contributed by atoms with Crippen molar-refractivity contribution in [3.63, 3.8) is 0 Å². The van der Waals surface area contributed by atoms with Gasteiger partial charge in [0.05, 0.1) is 23.4 Å². The topological polar surface area (TPSA) is 169 Å². The van der Waals surface area contributed by atoms with Crippen LogP contribution in [-0.2, 0) is 33.6 Å². The molecule has 10 heteroatoms. The van der Waals surface area contributed by atoms with E-state index in [0.717, 1.165) is 56.4 Å². The lowest BCUT2D eigenvalue weighted by atomic mass is 9.97. The van der Waals surface area contributed by atoms with Crippen molar-refractivity contribution in [2.75, 3.05) is 0 Å². The summed E-state index contributed by atoms with van der Waals surface area (Å²) in [4.78, 5) is 50.4. The average molecular weight is 599 g/mol. The number of carboxylic acids is 3. The van der Waals surface area contributed by atoms with Gasteiger partial charge >= 0.3 is 17.9 Å². The number of hydrogen-bond donors (Lipinski definition) is 5. The number of aliphatic carboxylic acids is 3. The van der Waals surface area contributed by atoms with E-state index < -0.39 is 17.9 Å². The third kappa shape index (κ3) is 6.06. The Morgan fingerprint density at radius 1 is 0.909 bits per heavy atom. The van der Waals surface area contributed by atoms with Gasteiger partial charge in [0, 0.05) is 56.9 Å². The molecule has 5 heterocycles. The molecular formula is C34H38N4O6. The minimum absolute atomic E-state index is 0.0112. The third-order valence-corrected chi connectivity index (χ3v) is 8.21. The molecule has 1 atom stereocenters. The van der Waals surface area contributed by atoms with E-state index in [-0.39, 0.29) is 30.0 Å². The maximum absolute atomic E-state index is 12.5. The van der Waals surface area contributed by atoms with Gasteiger partial charge in [-0.2, -0.15) is 0 Å². The maximum atomic E-state index is 12.5. The molecule has 2 aliphatic rings. The van der Waals surface area contributed by atoms with E-state index in [2.05, 4.69) is 36.5 Å². The fourth-order valence-corrected chi connectivity index (χ4v) is 5.74. The molecule has 8 bridgehead atoms. The molecule has 0 aliphatic carbocycles. The van der Waals surface area contributed by atoms with Crippen molar-refractivity contribution >= 4 is 57.2 Å². The van der Waals surface area contributed by atoms with E-state index in [9.17, 15) is 24.6 Å². The predicted octanol–water partition coefficient (Wildman–Crippen LogP) is 6.61. The summed E-state index contributed by atoms with van der Waals surface area (Å²) in [5, 5.41) is 27.7. The van der Waals surface area contributed by atoms with Crippen molar-refractivity contribution in [3.8, 4) is 0 Å². The van der Waals surface area contributed by atoms with E-state index in [4.69, 9.17) is 15.1 Å². The van der Waals surface area contributed by atoms with Gasteiger partial charge in [-0.3, -0.25) is 14.6 Å². The first-order valence-electron chi connectivity index (χ1n) is 14.6. The monoisotopic (exact) mass is 598 g/mol. The Labute approximate surface area is 255 Å².